The molecule has 0 aliphatic rings. The minimum Gasteiger partial charge on any atom is -0.381 e. The monoisotopic (exact) mass is 442 g/mol. The second-order valence-electron chi connectivity index (χ2n) is 10.2. The first-order chi connectivity index (χ1) is 15.0. The molecule has 0 rings (SSSR count). The third-order valence-electron chi connectivity index (χ3n) is 6.28. The molecule has 0 aliphatic heterocycles. The summed E-state index contributed by atoms with van der Waals surface area (Å²) in [6.45, 7) is 10.2. The quantitative estimate of drug-likeness (QED) is 0.157. The van der Waals surface area contributed by atoms with Gasteiger partial charge in [0.1, 0.15) is 0 Å². The summed E-state index contributed by atoms with van der Waals surface area (Å²) in [5.41, 5.74) is 0.124. The molecule has 4 nitrogen and oxygen atoms in total. The molecule has 0 heterocycles. The lowest BCUT2D eigenvalue weighted by Crippen LogP contribution is -2.38. The average molecular weight is 443 g/mol. The van der Waals surface area contributed by atoms with Gasteiger partial charge in [0, 0.05) is 18.6 Å². The van der Waals surface area contributed by atoms with Crippen LogP contribution in [0, 0.1) is 5.41 Å². The van der Waals surface area contributed by atoms with Crippen LogP contribution in [0.25, 0.3) is 0 Å². The lowest BCUT2D eigenvalue weighted by molar-refractivity contribution is -0.0388. The largest absolute Gasteiger partial charge is 0.381 e. The topological polar surface area (TPSA) is 24.9 Å². The van der Waals surface area contributed by atoms with Gasteiger partial charge in [0.05, 0.1) is 13.2 Å². The van der Waals surface area contributed by atoms with Gasteiger partial charge in [0.2, 0.25) is 0 Å². The van der Waals surface area contributed by atoms with Crippen LogP contribution < -0.4 is 0 Å². The van der Waals surface area contributed by atoms with E-state index in [4.69, 9.17) is 9.47 Å². The number of ether oxygens (including phenoxy) is 2. The smallest absolute Gasteiger partial charge is 0.0545 e. The van der Waals surface area contributed by atoms with Crippen molar-refractivity contribution in [3.05, 3.63) is 0 Å². The number of nitrogens with zero attached hydrogens (tertiary/aromatic N) is 2. The normalized spacial score (nSPS) is 12.4. The third kappa shape index (κ3) is 20.2. The minimum absolute atomic E-state index is 0.124. The van der Waals surface area contributed by atoms with Crippen molar-refractivity contribution < 1.29 is 9.47 Å². The highest BCUT2D eigenvalue weighted by Gasteiger charge is 2.31. The Hall–Kier alpha value is -0.160. The number of rotatable bonds is 24. The van der Waals surface area contributed by atoms with Crippen LogP contribution in [0.2, 0.25) is 0 Å². The molecule has 0 aromatic carbocycles. The average Bonchev–Trinajstić information content (AvgIpc) is 2.74. The Bertz CT molecular complexity index is 327. The Labute approximate surface area is 196 Å². The van der Waals surface area contributed by atoms with E-state index < -0.39 is 0 Å². The van der Waals surface area contributed by atoms with Crippen molar-refractivity contribution in [2.75, 3.05) is 67.7 Å². The number of hydrogen-bond acceptors (Lipinski definition) is 4. The summed E-state index contributed by atoms with van der Waals surface area (Å²) in [7, 11) is 8.69. The zero-order valence-corrected chi connectivity index (χ0v) is 22.4. The Morgan fingerprint density at radius 2 is 0.871 bits per heavy atom. The second-order valence-corrected chi connectivity index (χ2v) is 10.2. The zero-order chi connectivity index (χ0) is 23.2. The number of hydrogen-bond donors (Lipinski definition) is 0. The van der Waals surface area contributed by atoms with E-state index in [9.17, 15) is 0 Å². The fourth-order valence-corrected chi connectivity index (χ4v) is 3.92. The van der Waals surface area contributed by atoms with Crippen LogP contribution in [-0.4, -0.2) is 77.5 Å². The lowest BCUT2D eigenvalue weighted by atomic mass is 9.82. The van der Waals surface area contributed by atoms with Crippen molar-refractivity contribution in [2.24, 2.45) is 5.41 Å². The lowest BCUT2D eigenvalue weighted by Gasteiger charge is -2.35. The summed E-state index contributed by atoms with van der Waals surface area (Å²) in [6, 6.07) is 0. The van der Waals surface area contributed by atoms with Gasteiger partial charge in [-0.25, -0.2) is 0 Å². The first-order valence-corrected chi connectivity index (χ1v) is 13.4. The van der Waals surface area contributed by atoms with E-state index in [-0.39, 0.29) is 5.41 Å². The molecule has 0 saturated carbocycles. The van der Waals surface area contributed by atoms with Gasteiger partial charge in [-0.3, -0.25) is 0 Å². The summed E-state index contributed by atoms with van der Waals surface area (Å²) < 4.78 is 12.6. The summed E-state index contributed by atoms with van der Waals surface area (Å²) in [4.78, 5) is 4.59. The van der Waals surface area contributed by atoms with E-state index >= 15 is 0 Å². The molecule has 4 heteroatoms. The maximum Gasteiger partial charge on any atom is 0.0545 e. The molecule has 0 spiro atoms. The molecule has 0 radical (unpaired) electrons. The van der Waals surface area contributed by atoms with Gasteiger partial charge in [-0.2, -0.15) is 0 Å². The molecule has 0 aromatic heterocycles. The summed E-state index contributed by atoms with van der Waals surface area (Å²) >= 11 is 0. The molecule has 0 saturated heterocycles. The SMILES string of the molecule is CCCCCCCCOCC(CCN(C)C)(CCN(C)C)COCCCCCCCC. The molecule has 0 aliphatic carbocycles. The van der Waals surface area contributed by atoms with E-state index in [1.807, 2.05) is 0 Å². The van der Waals surface area contributed by atoms with E-state index in [1.165, 1.54) is 77.0 Å². The Morgan fingerprint density at radius 1 is 0.516 bits per heavy atom. The molecular weight excluding hydrogens is 384 g/mol. The highest BCUT2D eigenvalue weighted by atomic mass is 16.5. The van der Waals surface area contributed by atoms with Crippen molar-refractivity contribution in [3.63, 3.8) is 0 Å². The van der Waals surface area contributed by atoms with Crippen molar-refractivity contribution in [2.45, 2.75) is 104 Å². The Kier molecular flexibility index (Phi) is 21.6. The second kappa shape index (κ2) is 21.7. The van der Waals surface area contributed by atoms with E-state index in [2.05, 4.69) is 51.8 Å². The third-order valence-corrected chi connectivity index (χ3v) is 6.28. The number of unbranched alkanes of at least 4 members (excludes halogenated alkanes) is 10. The molecule has 0 bridgehead atoms. The predicted molar refractivity (Wildman–Crippen MR) is 137 cm³/mol. The van der Waals surface area contributed by atoms with Crippen LogP contribution in [0.5, 0.6) is 0 Å². The van der Waals surface area contributed by atoms with Crippen molar-refractivity contribution >= 4 is 0 Å². The molecule has 0 amide bonds. The molecule has 0 atom stereocenters. The van der Waals surface area contributed by atoms with Gasteiger partial charge in [-0.05, 0) is 67.0 Å². The maximum atomic E-state index is 6.28. The van der Waals surface area contributed by atoms with Gasteiger partial charge in [0.25, 0.3) is 0 Å². The summed E-state index contributed by atoms with van der Waals surface area (Å²) in [5, 5.41) is 0. The summed E-state index contributed by atoms with van der Waals surface area (Å²) in [5.74, 6) is 0. The van der Waals surface area contributed by atoms with Gasteiger partial charge >= 0.3 is 0 Å². The van der Waals surface area contributed by atoms with Gasteiger partial charge in [0.15, 0.2) is 0 Å². The first-order valence-electron chi connectivity index (χ1n) is 13.4. The fraction of sp³-hybridized carbons (Fsp3) is 1.00. The van der Waals surface area contributed by atoms with Crippen LogP contribution in [-0.2, 0) is 9.47 Å². The van der Waals surface area contributed by atoms with Gasteiger partial charge in [-0.1, -0.05) is 78.1 Å². The highest BCUT2D eigenvalue weighted by Crippen LogP contribution is 2.29. The standard InChI is InChI=1S/C27H58N2O2/c1-7-9-11-13-15-17-23-30-25-27(19-21-28(3)4,20-22-29(5)6)26-31-24-18-16-14-12-10-8-2/h7-26H2,1-6H3. The van der Waals surface area contributed by atoms with E-state index in [0.29, 0.717) is 0 Å². The predicted octanol–water partition coefficient (Wildman–Crippen LogP) is 6.63. The Balaban J connectivity index is 4.51. The molecule has 31 heavy (non-hydrogen) atoms. The van der Waals surface area contributed by atoms with Crippen molar-refractivity contribution in [3.8, 4) is 0 Å². The molecule has 188 valence electrons. The zero-order valence-electron chi connectivity index (χ0n) is 22.4. The molecular formula is C27H58N2O2. The van der Waals surface area contributed by atoms with Crippen LogP contribution >= 0.6 is 0 Å². The van der Waals surface area contributed by atoms with E-state index in [0.717, 1.165) is 52.4 Å². The molecule has 0 unspecified atom stereocenters. The molecule has 0 fully saturated rings. The van der Waals surface area contributed by atoms with Crippen molar-refractivity contribution in [1.82, 2.24) is 9.80 Å². The van der Waals surface area contributed by atoms with Crippen LogP contribution in [0.3, 0.4) is 0 Å². The van der Waals surface area contributed by atoms with Crippen LogP contribution in [0.1, 0.15) is 104 Å². The van der Waals surface area contributed by atoms with Gasteiger partial charge in [-0.15, -0.1) is 0 Å². The van der Waals surface area contributed by atoms with Crippen LogP contribution in [0.15, 0.2) is 0 Å². The first kappa shape index (κ1) is 30.8. The minimum atomic E-state index is 0.124. The highest BCUT2D eigenvalue weighted by molar-refractivity contribution is 4.81. The maximum absolute atomic E-state index is 6.28. The Morgan fingerprint density at radius 3 is 1.23 bits per heavy atom. The van der Waals surface area contributed by atoms with Crippen LogP contribution in [0.4, 0.5) is 0 Å². The van der Waals surface area contributed by atoms with E-state index in [1.54, 1.807) is 0 Å². The molecule has 0 aromatic rings. The van der Waals surface area contributed by atoms with Crippen molar-refractivity contribution in [1.29, 1.82) is 0 Å². The summed E-state index contributed by atoms with van der Waals surface area (Å²) in [6.07, 6.45) is 18.1. The van der Waals surface area contributed by atoms with Gasteiger partial charge < -0.3 is 19.3 Å². The molecule has 0 N–H and O–H groups in total. The fourth-order valence-electron chi connectivity index (χ4n) is 3.92.